The summed E-state index contributed by atoms with van der Waals surface area (Å²) in [6.45, 7) is 4.47. The van der Waals surface area contributed by atoms with E-state index in [2.05, 4.69) is 9.38 Å². The lowest BCUT2D eigenvalue weighted by atomic mass is 10.1. The lowest BCUT2D eigenvalue weighted by Crippen LogP contribution is -2.45. The standard InChI is InChI=1S/C17H20N4O3S/c1-13(2)21(12-14-6-3-4-8-18-14)17(22)15-7-5-9-20-10-11-25(23,24)19-16(15)20/h3-9,13H,10-12H2,1-2H3. The molecule has 1 amide bonds. The summed E-state index contributed by atoms with van der Waals surface area (Å²) < 4.78 is 27.6. The van der Waals surface area contributed by atoms with Gasteiger partial charge in [-0.2, -0.15) is 0 Å². The zero-order valence-corrected chi connectivity index (χ0v) is 15.0. The summed E-state index contributed by atoms with van der Waals surface area (Å²) >= 11 is 0. The molecule has 7 nitrogen and oxygen atoms in total. The van der Waals surface area contributed by atoms with Crippen molar-refractivity contribution >= 4 is 21.8 Å². The molecule has 0 saturated carbocycles. The molecule has 8 heteroatoms. The van der Waals surface area contributed by atoms with Gasteiger partial charge < -0.3 is 9.80 Å². The third-order valence-corrected chi connectivity index (χ3v) is 5.18. The van der Waals surface area contributed by atoms with E-state index < -0.39 is 10.0 Å². The quantitative estimate of drug-likeness (QED) is 0.809. The van der Waals surface area contributed by atoms with Crippen molar-refractivity contribution in [1.29, 1.82) is 0 Å². The van der Waals surface area contributed by atoms with Gasteiger partial charge in [0.05, 0.1) is 23.6 Å². The normalized spacial score (nSPS) is 18.4. The van der Waals surface area contributed by atoms with Crippen molar-refractivity contribution in [2.75, 3.05) is 12.3 Å². The van der Waals surface area contributed by atoms with E-state index in [0.717, 1.165) is 5.69 Å². The Labute approximate surface area is 147 Å². The van der Waals surface area contributed by atoms with E-state index in [-0.39, 0.29) is 29.1 Å². The van der Waals surface area contributed by atoms with Crippen molar-refractivity contribution in [1.82, 2.24) is 14.8 Å². The highest BCUT2D eigenvalue weighted by atomic mass is 32.2. The predicted octanol–water partition coefficient (Wildman–Crippen LogP) is 1.32. The van der Waals surface area contributed by atoms with Crippen LogP contribution < -0.4 is 0 Å². The van der Waals surface area contributed by atoms with Gasteiger partial charge in [-0.15, -0.1) is 4.40 Å². The lowest BCUT2D eigenvalue weighted by molar-refractivity contribution is -0.129. The zero-order chi connectivity index (χ0) is 18.0. The highest BCUT2D eigenvalue weighted by molar-refractivity contribution is 7.90. The van der Waals surface area contributed by atoms with E-state index in [1.54, 1.807) is 34.3 Å². The van der Waals surface area contributed by atoms with Gasteiger partial charge in [-0.05, 0) is 38.1 Å². The third kappa shape index (κ3) is 3.79. The zero-order valence-electron chi connectivity index (χ0n) is 14.2. The number of carbonyl (C=O) groups is 1. The second kappa shape index (κ2) is 6.79. The number of amides is 1. The van der Waals surface area contributed by atoms with E-state index in [1.807, 2.05) is 32.0 Å². The van der Waals surface area contributed by atoms with Crippen LogP contribution in [0.5, 0.6) is 0 Å². The molecule has 1 aromatic heterocycles. The molecule has 0 N–H and O–H groups in total. The van der Waals surface area contributed by atoms with Crippen LogP contribution in [0.15, 0.2) is 52.7 Å². The molecule has 132 valence electrons. The summed E-state index contributed by atoms with van der Waals surface area (Å²) in [4.78, 5) is 20.7. The van der Waals surface area contributed by atoms with Crippen LogP contribution in [0.3, 0.4) is 0 Å². The molecule has 2 aliphatic heterocycles. The van der Waals surface area contributed by atoms with Gasteiger partial charge in [0.25, 0.3) is 15.9 Å². The molecule has 3 rings (SSSR count). The number of sulfonamides is 1. The Bertz CT molecular complexity index is 857. The maximum Gasteiger partial charge on any atom is 0.258 e. The van der Waals surface area contributed by atoms with Crippen molar-refractivity contribution in [2.24, 2.45) is 4.40 Å². The van der Waals surface area contributed by atoms with E-state index in [0.29, 0.717) is 13.1 Å². The predicted molar refractivity (Wildman–Crippen MR) is 95.1 cm³/mol. The number of carbonyl (C=O) groups excluding carboxylic acids is 1. The number of nitrogens with zero attached hydrogens (tertiary/aromatic N) is 4. The van der Waals surface area contributed by atoms with Gasteiger partial charge in [0.15, 0.2) is 5.84 Å². The van der Waals surface area contributed by atoms with Crippen molar-refractivity contribution in [3.8, 4) is 0 Å². The van der Waals surface area contributed by atoms with Crippen LogP contribution in [0.4, 0.5) is 0 Å². The average molecular weight is 360 g/mol. The Balaban J connectivity index is 1.92. The van der Waals surface area contributed by atoms with Crippen LogP contribution in [0, 0.1) is 0 Å². The maximum atomic E-state index is 13.1. The van der Waals surface area contributed by atoms with Gasteiger partial charge in [0, 0.05) is 25.0 Å². The van der Waals surface area contributed by atoms with Crippen LogP contribution in [-0.4, -0.2) is 53.3 Å². The fourth-order valence-electron chi connectivity index (χ4n) is 2.69. The minimum atomic E-state index is -3.54. The number of aromatic nitrogens is 1. The number of pyridine rings is 1. The SMILES string of the molecule is CC(C)N(Cc1ccccn1)C(=O)C1=CC=CN2CCS(=O)(=O)N=C12. The molecule has 2 aliphatic rings. The van der Waals surface area contributed by atoms with Gasteiger partial charge in [-0.3, -0.25) is 9.78 Å². The van der Waals surface area contributed by atoms with Gasteiger partial charge in [-0.1, -0.05) is 6.07 Å². The number of amidine groups is 1. The first kappa shape index (κ1) is 17.3. The molecule has 0 aromatic carbocycles. The molecular formula is C17H20N4O3S. The van der Waals surface area contributed by atoms with Gasteiger partial charge in [0.2, 0.25) is 0 Å². The first-order chi connectivity index (χ1) is 11.9. The summed E-state index contributed by atoms with van der Waals surface area (Å²) in [7, 11) is -3.54. The Kier molecular flexibility index (Phi) is 4.71. The molecule has 0 fully saturated rings. The van der Waals surface area contributed by atoms with Crippen molar-refractivity contribution in [3.63, 3.8) is 0 Å². The number of hydrogen-bond donors (Lipinski definition) is 0. The number of allylic oxidation sites excluding steroid dienone is 2. The third-order valence-electron chi connectivity index (χ3n) is 4.03. The molecular weight excluding hydrogens is 340 g/mol. The molecule has 1 aromatic rings. The molecule has 0 saturated heterocycles. The highest BCUT2D eigenvalue weighted by Crippen LogP contribution is 2.21. The fourth-order valence-corrected chi connectivity index (χ4v) is 3.68. The second-order valence-electron chi connectivity index (χ2n) is 6.16. The van der Waals surface area contributed by atoms with Gasteiger partial charge in [-0.25, -0.2) is 8.42 Å². The summed E-state index contributed by atoms with van der Waals surface area (Å²) in [6, 6.07) is 5.47. The summed E-state index contributed by atoms with van der Waals surface area (Å²) in [5, 5.41) is 0. The number of rotatable bonds is 4. The summed E-state index contributed by atoms with van der Waals surface area (Å²) in [5.74, 6) is -0.110. The largest absolute Gasteiger partial charge is 0.331 e. The molecule has 25 heavy (non-hydrogen) atoms. The van der Waals surface area contributed by atoms with Gasteiger partial charge >= 0.3 is 0 Å². The van der Waals surface area contributed by atoms with Crippen LogP contribution in [-0.2, 0) is 21.4 Å². The second-order valence-corrected chi connectivity index (χ2v) is 7.92. The van der Waals surface area contributed by atoms with E-state index >= 15 is 0 Å². The molecule has 0 spiro atoms. The highest BCUT2D eigenvalue weighted by Gasteiger charge is 2.32. The molecule has 0 bridgehead atoms. The number of hydrogen-bond acceptors (Lipinski definition) is 5. The number of fused-ring (bicyclic) bond motifs is 1. The van der Waals surface area contributed by atoms with Crippen LogP contribution in [0.1, 0.15) is 19.5 Å². The van der Waals surface area contributed by atoms with Crippen molar-refractivity contribution in [3.05, 3.63) is 54.0 Å². The van der Waals surface area contributed by atoms with E-state index in [4.69, 9.17) is 0 Å². The van der Waals surface area contributed by atoms with E-state index in [1.165, 1.54) is 0 Å². The Hall–Kier alpha value is -2.48. The minimum absolute atomic E-state index is 0.0514. The molecule has 0 radical (unpaired) electrons. The molecule has 0 atom stereocenters. The summed E-state index contributed by atoms with van der Waals surface area (Å²) in [6.07, 6.45) is 6.78. The van der Waals surface area contributed by atoms with Crippen LogP contribution in [0.2, 0.25) is 0 Å². The minimum Gasteiger partial charge on any atom is -0.331 e. The first-order valence-electron chi connectivity index (χ1n) is 8.06. The molecule has 0 unspecified atom stereocenters. The summed E-state index contributed by atoms with van der Waals surface area (Å²) in [5.41, 5.74) is 1.06. The van der Waals surface area contributed by atoms with Crippen molar-refractivity contribution in [2.45, 2.75) is 26.4 Å². The Morgan fingerprint density at radius 1 is 1.36 bits per heavy atom. The topological polar surface area (TPSA) is 82.9 Å². The molecule has 3 heterocycles. The smallest absolute Gasteiger partial charge is 0.258 e. The monoisotopic (exact) mass is 360 g/mol. The van der Waals surface area contributed by atoms with Crippen LogP contribution in [0.25, 0.3) is 0 Å². The van der Waals surface area contributed by atoms with Crippen molar-refractivity contribution < 1.29 is 13.2 Å². The van der Waals surface area contributed by atoms with Gasteiger partial charge in [0.1, 0.15) is 0 Å². The van der Waals surface area contributed by atoms with Crippen LogP contribution >= 0.6 is 0 Å². The lowest BCUT2D eigenvalue weighted by Gasteiger charge is -2.32. The Morgan fingerprint density at radius 3 is 2.84 bits per heavy atom. The Morgan fingerprint density at radius 2 is 2.16 bits per heavy atom. The first-order valence-corrected chi connectivity index (χ1v) is 9.67. The average Bonchev–Trinajstić information content (AvgIpc) is 2.58. The maximum absolute atomic E-state index is 13.1. The fraction of sp³-hybridized carbons (Fsp3) is 0.353. The molecule has 0 aliphatic carbocycles. The van der Waals surface area contributed by atoms with E-state index in [9.17, 15) is 13.2 Å².